The van der Waals surface area contributed by atoms with Gasteiger partial charge >= 0.3 is 18.0 Å². The topological polar surface area (TPSA) is 113 Å². The minimum Gasteiger partial charge on any atom is -0.438 e. The van der Waals surface area contributed by atoms with Crippen LogP contribution in [0.15, 0.2) is 71.2 Å². The first-order chi connectivity index (χ1) is 19.9. The summed E-state index contributed by atoms with van der Waals surface area (Å²) in [5.74, 6) is -3.28. The molecule has 42 heavy (non-hydrogen) atoms. The quantitative estimate of drug-likeness (QED) is 0.135. The van der Waals surface area contributed by atoms with Gasteiger partial charge in [-0.15, -0.1) is 10.2 Å². The van der Waals surface area contributed by atoms with E-state index >= 15 is 0 Å². The summed E-state index contributed by atoms with van der Waals surface area (Å²) >= 11 is 0. The monoisotopic (exact) mass is 592 g/mol. The van der Waals surface area contributed by atoms with Crippen molar-refractivity contribution in [3.8, 4) is 23.2 Å². The van der Waals surface area contributed by atoms with Gasteiger partial charge in [0.25, 0.3) is 11.8 Å². The van der Waals surface area contributed by atoms with E-state index in [1.165, 1.54) is 30.4 Å². The number of hydrogen-bond donors (Lipinski definition) is 0. The number of rotatable bonds is 4. The molecule has 4 aromatic rings. The second-order valence-corrected chi connectivity index (χ2v) is 9.09. The Morgan fingerprint density at radius 1 is 1.00 bits per heavy atom. The summed E-state index contributed by atoms with van der Waals surface area (Å²) in [6, 6.07) is 13.7. The molecule has 0 amide bonds. The molecule has 1 aliphatic heterocycles. The molecule has 0 spiro atoms. The highest BCUT2D eigenvalue weighted by molar-refractivity contribution is 5.65. The minimum atomic E-state index is -5.15. The highest BCUT2D eigenvalue weighted by atomic mass is 19.4. The van der Waals surface area contributed by atoms with Gasteiger partial charge in [0.05, 0.1) is 11.5 Å². The van der Waals surface area contributed by atoms with Crippen LogP contribution in [0.4, 0.5) is 32.0 Å². The fourth-order valence-electron chi connectivity index (χ4n) is 4.21. The molecule has 218 valence electrons. The number of fused-ring (bicyclic) bond motifs is 7. The minimum absolute atomic E-state index is 0.119. The van der Waals surface area contributed by atoms with Crippen LogP contribution in [0.1, 0.15) is 35.4 Å². The third-order valence-corrected chi connectivity index (χ3v) is 6.27. The average molecular weight is 592 g/mol. The van der Waals surface area contributed by atoms with Crippen molar-refractivity contribution in [1.82, 2.24) is 15.2 Å². The van der Waals surface area contributed by atoms with E-state index in [0.29, 0.717) is 11.1 Å². The Kier molecular flexibility index (Phi) is 7.45. The number of nitro groups is 1. The maximum Gasteiger partial charge on any atom is 0.426 e. The third kappa shape index (κ3) is 5.68. The second-order valence-electron chi connectivity index (χ2n) is 9.09. The molecule has 0 saturated carbocycles. The Balaban J connectivity index is 1.73. The van der Waals surface area contributed by atoms with Crippen LogP contribution in [0.2, 0.25) is 0 Å². The molecular formula is C27H18F6N4O5. The zero-order valence-electron chi connectivity index (χ0n) is 21.1. The van der Waals surface area contributed by atoms with Crippen molar-refractivity contribution >= 4 is 11.8 Å². The number of ether oxygens (including phenoxy) is 2. The third-order valence-electron chi connectivity index (χ3n) is 6.27. The average Bonchev–Trinajstić information content (AvgIpc) is 3.42. The fraction of sp³-hybridized carbons (Fsp3) is 0.222. The molecule has 3 heterocycles. The van der Waals surface area contributed by atoms with Crippen LogP contribution in [-0.4, -0.2) is 26.3 Å². The van der Waals surface area contributed by atoms with E-state index in [9.17, 15) is 36.5 Å². The highest BCUT2D eigenvalue weighted by Gasteiger charge is 2.61. The summed E-state index contributed by atoms with van der Waals surface area (Å²) in [6.45, 7) is -0.527. The summed E-state index contributed by atoms with van der Waals surface area (Å²) < 4.78 is 102. The molecule has 0 radical (unpaired) electrons. The van der Waals surface area contributed by atoms with Crippen LogP contribution in [0, 0.1) is 10.1 Å². The van der Waals surface area contributed by atoms with Crippen molar-refractivity contribution in [2.75, 3.05) is 0 Å². The first-order valence-corrected chi connectivity index (χ1v) is 12.2. The molecule has 9 nitrogen and oxygen atoms in total. The summed E-state index contributed by atoms with van der Waals surface area (Å²) in [5.41, 5.74) is -6.18. The van der Waals surface area contributed by atoms with Gasteiger partial charge in [-0.1, -0.05) is 54.6 Å². The van der Waals surface area contributed by atoms with E-state index in [1.807, 2.05) is 0 Å². The van der Waals surface area contributed by atoms with Crippen molar-refractivity contribution in [2.45, 2.75) is 37.4 Å². The van der Waals surface area contributed by atoms with E-state index in [2.05, 4.69) is 15.2 Å². The summed E-state index contributed by atoms with van der Waals surface area (Å²) in [4.78, 5) is 14.2. The lowest BCUT2D eigenvalue weighted by atomic mass is 9.95. The van der Waals surface area contributed by atoms with Crippen LogP contribution in [0.25, 0.3) is 17.7 Å². The fourth-order valence-corrected chi connectivity index (χ4v) is 4.21. The molecule has 0 aliphatic carbocycles. The van der Waals surface area contributed by atoms with Gasteiger partial charge in [-0.3, -0.25) is 10.1 Å². The van der Waals surface area contributed by atoms with Gasteiger partial charge in [-0.05, 0) is 36.1 Å². The SMILES string of the molecule is O=[N+]([O-])c1cc(C(F)(F)F)c2nc1-c1nnc(o1)C(OCc1ccccc1)(C(F)(F)F)CCC=Cc1cccc(c1)O2. The van der Waals surface area contributed by atoms with Crippen molar-refractivity contribution in [2.24, 2.45) is 0 Å². The van der Waals surface area contributed by atoms with E-state index in [1.54, 1.807) is 36.4 Å². The largest absolute Gasteiger partial charge is 0.438 e. The Morgan fingerprint density at radius 3 is 2.45 bits per heavy atom. The molecule has 1 atom stereocenters. The standard InChI is InChI=1S/C27H18F6N4O5/c28-26(29,30)19-14-20(37(38)39)21-23-35-36-24(42-23)25(27(31,32)33,40-15-17-8-2-1-3-9-17)12-5-4-7-16-10-6-11-18(13-16)41-22(19)34-21/h1-4,6-11,13-14H,5,12,15H2. The van der Waals surface area contributed by atoms with Gasteiger partial charge in [0.1, 0.15) is 11.3 Å². The predicted octanol–water partition coefficient (Wildman–Crippen LogP) is 7.63. The first-order valence-electron chi connectivity index (χ1n) is 12.2. The van der Waals surface area contributed by atoms with Gasteiger partial charge in [0, 0.05) is 6.07 Å². The normalized spacial score (nSPS) is 17.2. The number of allylic oxidation sites excluding steroid dienone is 1. The molecule has 1 aliphatic rings. The van der Waals surface area contributed by atoms with Crippen molar-refractivity contribution in [3.05, 3.63) is 99.4 Å². The van der Waals surface area contributed by atoms with Gasteiger partial charge in [0.2, 0.25) is 17.2 Å². The van der Waals surface area contributed by atoms with Gasteiger partial charge in [-0.2, -0.15) is 26.3 Å². The lowest BCUT2D eigenvalue weighted by Crippen LogP contribution is -2.45. The Labute approximate surface area is 232 Å². The molecule has 15 heteroatoms. The smallest absolute Gasteiger partial charge is 0.426 e. The van der Waals surface area contributed by atoms with Gasteiger partial charge in [-0.25, -0.2) is 4.98 Å². The summed E-state index contributed by atoms with van der Waals surface area (Å²) in [5, 5.41) is 18.8. The number of hydrogen-bond acceptors (Lipinski definition) is 8. The zero-order chi connectivity index (χ0) is 30.1. The van der Waals surface area contributed by atoms with E-state index < -0.39 is 70.5 Å². The van der Waals surface area contributed by atoms with Crippen LogP contribution < -0.4 is 4.74 Å². The molecule has 0 fully saturated rings. The maximum atomic E-state index is 14.8. The van der Waals surface area contributed by atoms with Crippen LogP contribution in [0.5, 0.6) is 11.6 Å². The lowest BCUT2D eigenvalue weighted by molar-refractivity contribution is -0.384. The Morgan fingerprint density at radius 2 is 1.76 bits per heavy atom. The molecule has 0 N–H and O–H groups in total. The first kappa shape index (κ1) is 28.7. The number of pyridine rings is 1. The molecular weight excluding hydrogens is 574 g/mol. The number of halogens is 6. The summed E-state index contributed by atoms with van der Waals surface area (Å²) in [7, 11) is 0. The van der Waals surface area contributed by atoms with Crippen LogP contribution in [-0.2, 0) is 23.1 Å². The van der Waals surface area contributed by atoms with E-state index in [0.717, 1.165) is 0 Å². The molecule has 1 unspecified atom stereocenters. The Hall–Kier alpha value is -4.79. The number of nitrogens with zero attached hydrogens (tertiary/aromatic N) is 4. The lowest BCUT2D eigenvalue weighted by Gasteiger charge is -2.32. The Bertz CT molecular complexity index is 1640. The summed E-state index contributed by atoms with van der Waals surface area (Å²) in [6.07, 6.45) is -8.40. The van der Waals surface area contributed by atoms with Crippen molar-refractivity contribution in [1.29, 1.82) is 0 Å². The molecule has 0 saturated heterocycles. The molecule has 2 aromatic heterocycles. The number of aromatic nitrogens is 3. The van der Waals surface area contributed by atoms with Gasteiger partial charge < -0.3 is 13.9 Å². The molecule has 5 rings (SSSR count). The van der Waals surface area contributed by atoms with Crippen LogP contribution >= 0.6 is 0 Å². The van der Waals surface area contributed by atoms with Crippen LogP contribution in [0.3, 0.4) is 0 Å². The molecule has 2 aromatic carbocycles. The van der Waals surface area contributed by atoms with Gasteiger partial charge in [0.15, 0.2) is 0 Å². The highest BCUT2D eigenvalue weighted by Crippen LogP contribution is 2.48. The second kappa shape index (κ2) is 10.9. The zero-order valence-corrected chi connectivity index (χ0v) is 21.1. The van der Waals surface area contributed by atoms with E-state index in [4.69, 9.17) is 13.9 Å². The number of benzene rings is 2. The number of alkyl halides is 6. The van der Waals surface area contributed by atoms with E-state index in [-0.39, 0.29) is 18.2 Å². The maximum absolute atomic E-state index is 14.8. The van der Waals surface area contributed by atoms with Crippen molar-refractivity contribution in [3.63, 3.8) is 0 Å². The predicted molar refractivity (Wildman–Crippen MR) is 133 cm³/mol. The molecule has 6 bridgehead atoms. The van der Waals surface area contributed by atoms with Crippen molar-refractivity contribution < 1.29 is 45.2 Å².